The van der Waals surface area contributed by atoms with Crippen LogP contribution in [0.3, 0.4) is 0 Å². The standard InChI is InChI=1S/C22H26ClN3O4S/c1-31(29,30)26-13-11-19(12-14-26)24-22(28)20(15-16-5-3-2-4-6-16)25-21(27)17-7-9-18(23)10-8-17/h2-10,19-20H,11-15H2,1H3,(H,24,28)(H,25,27). The summed E-state index contributed by atoms with van der Waals surface area (Å²) < 4.78 is 24.8. The van der Waals surface area contributed by atoms with E-state index >= 15 is 0 Å². The van der Waals surface area contributed by atoms with Gasteiger partial charge in [0.2, 0.25) is 15.9 Å². The number of halogens is 1. The van der Waals surface area contributed by atoms with Crippen LogP contribution in [0.25, 0.3) is 0 Å². The van der Waals surface area contributed by atoms with Crippen molar-refractivity contribution in [2.75, 3.05) is 19.3 Å². The van der Waals surface area contributed by atoms with Crippen molar-refractivity contribution in [2.45, 2.75) is 31.3 Å². The van der Waals surface area contributed by atoms with E-state index in [1.54, 1.807) is 24.3 Å². The minimum Gasteiger partial charge on any atom is -0.351 e. The maximum Gasteiger partial charge on any atom is 0.251 e. The first-order valence-corrected chi connectivity index (χ1v) is 12.3. The van der Waals surface area contributed by atoms with E-state index < -0.39 is 16.1 Å². The summed E-state index contributed by atoms with van der Waals surface area (Å²) in [4.78, 5) is 25.7. The third kappa shape index (κ3) is 6.78. The van der Waals surface area contributed by atoms with Crippen LogP contribution in [-0.4, -0.2) is 56.0 Å². The number of hydrogen-bond donors (Lipinski definition) is 2. The van der Waals surface area contributed by atoms with Crippen LogP contribution in [0.2, 0.25) is 5.02 Å². The van der Waals surface area contributed by atoms with Crippen LogP contribution in [0.1, 0.15) is 28.8 Å². The second kappa shape index (κ2) is 10.3. The summed E-state index contributed by atoms with van der Waals surface area (Å²) in [7, 11) is -3.23. The molecule has 0 saturated carbocycles. The van der Waals surface area contributed by atoms with Gasteiger partial charge in [-0.1, -0.05) is 41.9 Å². The van der Waals surface area contributed by atoms with Gasteiger partial charge in [0.25, 0.3) is 5.91 Å². The fourth-order valence-electron chi connectivity index (χ4n) is 3.54. The predicted molar refractivity (Wildman–Crippen MR) is 120 cm³/mol. The number of carbonyl (C=O) groups is 2. The van der Waals surface area contributed by atoms with Crippen LogP contribution in [0.5, 0.6) is 0 Å². The Bertz CT molecular complexity index is 1000. The highest BCUT2D eigenvalue weighted by molar-refractivity contribution is 7.88. The van der Waals surface area contributed by atoms with Crippen molar-refractivity contribution in [3.05, 3.63) is 70.7 Å². The van der Waals surface area contributed by atoms with Gasteiger partial charge in [-0.15, -0.1) is 0 Å². The Kier molecular flexibility index (Phi) is 7.69. The Morgan fingerprint density at radius 2 is 1.68 bits per heavy atom. The molecule has 3 rings (SSSR count). The van der Waals surface area contributed by atoms with Crippen LogP contribution >= 0.6 is 11.6 Å². The molecule has 2 aromatic rings. The average molecular weight is 464 g/mol. The van der Waals surface area contributed by atoms with E-state index in [9.17, 15) is 18.0 Å². The lowest BCUT2D eigenvalue weighted by molar-refractivity contribution is -0.123. The molecule has 9 heteroatoms. The number of sulfonamides is 1. The number of rotatable bonds is 7. The molecule has 0 bridgehead atoms. The van der Waals surface area contributed by atoms with E-state index in [1.165, 1.54) is 10.6 Å². The summed E-state index contributed by atoms with van der Waals surface area (Å²) in [6, 6.07) is 15.0. The molecule has 1 atom stereocenters. The quantitative estimate of drug-likeness (QED) is 0.658. The minimum absolute atomic E-state index is 0.142. The molecule has 1 aliphatic rings. The molecule has 1 saturated heterocycles. The molecule has 166 valence electrons. The van der Waals surface area contributed by atoms with Crippen molar-refractivity contribution >= 4 is 33.4 Å². The lowest BCUT2D eigenvalue weighted by atomic mass is 10.0. The van der Waals surface area contributed by atoms with Gasteiger partial charge in [0, 0.05) is 36.1 Å². The Morgan fingerprint density at radius 3 is 2.26 bits per heavy atom. The molecule has 2 amide bonds. The maximum atomic E-state index is 13.0. The first kappa shape index (κ1) is 23.2. The second-order valence-electron chi connectivity index (χ2n) is 7.67. The molecule has 0 aliphatic carbocycles. The van der Waals surface area contributed by atoms with Crippen molar-refractivity contribution in [3.8, 4) is 0 Å². The lowest BCUT2D eigenvalue weighted by Crippen LogP contribution is -2.53. The number of piperidine rings is 1. The first-order chi connectivity index (χ1) is 14.7. The Morgan fingerprint density at radius 1 is 1.06 bits per heavy atom. The number of amides is 2. The zero-order chi connectivity index (χ0) is 22.4. The largest absolute Gasteiger partial charge is 0.351 e. The molecule has 0 aromatic heterocycles. The van der Waals surface area contributed by atoms with Gasteiger partial charge >= 0.3 is 0 Å². The summed E-state index contributed by atoms with van der Waals surface area (Å²) in [5.74, 6) is -0.649. The minimum atomic E-state index is -3.23. The Hall–Kier alpha value is -2.42. The fraction of sp³-hybridized carbons (Fsp3) is 0.364. The van der Waals surface area contributed by atoms with Gasteiger partial charge in [0.05, 0.1) is 6.26 Å². The molecule has 2 aromatic carbocycles. The molecule has 1 aliphatic heterocycles. The molecule has 0 spiro atoms. The number of nitrogens with one attached hydrogen (secondary N) is 2. The van der Waals surface area contributed by atoms with Crippen molar-refractivity contribution in [1.82, 2.24) is 14.9 Å². The SMILES string of the molecule is CS(=O)(=O)N1CCC(NC(=O)C(Cc2ccccc2)NC(=O)c2ccc(Cl)cc2)CC1. The summed E-state index contributed by atoms with van der Waals surface area (Å²) in [5.41, 5.74) is 1.34. The molecule has 1 heterocycles. The van der Waals surface area contributed by atoms with E-state index in [-0.39, 0.29) is 17.9 Å². The van der Waals surface area contributed by atoms with E-state index in [0.717, 1.165) is 5.56 Å². The van der Waals surface area contributed by atoms with E-state index in [2.05, 4.69) is 10.6 Å². The van der Waals surface area contributed by atoms with Gasteiger partial charge in [0.15, 0.2) is 0 Å². The second-order valence-corrected chi connectivity index (χ2v) is 10.1. The number of nitrogens with zero attached hydrogens (tertiary/aromatic N) is 1. The monoisotopic (exact) mass is 463 g/mol. The third-order valence-corrected chi connectivity index (χ3v) is 6.84. The summed E-state index contributed by atoms with van der Waals surface area (Å²) in [6.07, 6.45) is 2.59. The third-order valence-electron chi connectivity index (χ3n) is 5.28. The molecular weight excluding hydrogens is 438 g/mol. The average Bonchev–Trinajstić information content (AvgIpc) is 2.74. The predicted octanol–water partition coefficient (Wildman–Crippen LogP) is 2.22. The van der Waals surface area contributed by atoms with Crippen LogP contribution in [0.15, 0.2) is 54.6 Å². The molecule has 2 N–H and O–H groups in total. The van der Waals surface area contributed by atoms with Crippen LogP contribution in [0.4, 0.5) is 0 Å². The van der Waals surface area contributed by atoms with Crippen molar-refractivity contribution in [1.29, 1.82) is 0 Å². The highest BCUT2D eigenvalue weighted by Gasteiger charge is 2.28. The molecule has 7 nitrogen and oxygen atoms in total. The lowest BCUT2D eigenvalue weighted by Gasteiger charge is -2.31. The summed E-state index contributed by atoms with van der Waals surface area (Å²) >= 11 is 5.89. The van der Waals surface area contributed by atoms with Crippen LogP contribution < -0.4 is 10.6 Å². The Labute approximate surface area is 187 Å². The van der Waals surface area contributed by atoms with Crippen LogP contribution in [0, 0.1) is 0 Å². The fourth-order valence-corrected chi connectivity index (χ4v) is 4.54. The van der Waals surface area contributed by atoms with Gasteiger partial charge in [0.1, 0.15) is 6.04 Å². The maximum absolute atomic E-state index is 13.0. The Balaban J connectivity index is 1.67. The number of benzene rings is 2. The molecule has 1 unspecified atom stereocenters. The molecule has 1 fully saturated rings. The zero-order valence-corrected chi connectivity index (χ0v) is 18.8. The highest BCUT2D eigenvalue weighted by Crippen LogP contribution is 2.14. The zero-order valence-electron chi connectivity index (χ0n) is 17.3. The van der Waals surface area contributed by atoms with Gasteiger partial charge in [-0.05, 0) is 42.7 Å². The van der Waals surface area contributed by atoms with E-state index in [0.29, 0.717) is 42.9 Å². The van der Waals surface area contributed by atoms with Crippen LogP contribution in [-0.2, 0) is 21.2 Å². The first-order valence-electron chi connectivity index (χ1n) is 10.1. The normalized spacial score (nSPS) is 16.5. The highest BCUT2D eigenvalue weighted by atomic mass is 35.5. The van der Waals surface area contributed by atoms with Gasteiger partial charge in [-0.3, -0.25) is 9.59 Å². The topological polar surface area (TPSA) is 95.6 Å². The van der Waals surface area contributed by atoms with Crippen molar-refractivity contribution in [3.63, 3.8) is 0 Å². The van der Waals surface area contributed by atoms with E-state index in [1.807, 2.05) is 30.3 Å². The van der Waals surface area contributed by atoms with Gasteiger partial charge in [-0.2, -0.15) is 0 Å². The molecule has 31 heavy (non-hydrogen) atoms. The number of carbonyl (C=O) groups excluding carboxylic acids is 2. The smallest absolute Gasteiger partial charge is 0.251 e. The van der Waals surface area contributed by atoms with E-state index in [4.69, 9.17) is 11.6 Å². The van der Waals surface area contributed by atoms with Gasteiger partial charge in [-0.25, -0.2) is 12.7 Å². The molecular formula is C22H26ClN3O4S. The summed E-state index contributed by atoms with van der Waals surface area (Å²) in [5, 5.41) is 6.33. The van der Waals surface area contributed by atoms with Gasteiger partial charge < -0.3 is 10.6 Å². The van der Waals surface area contributed by atoms with Crippen molar-refractivity contribution in [2.24, 2.45) is 0 Å². The molecule has 0 radical (unpaired) electrons. The number of hydrogen-bond acceptors (Lipinski definition) is 4. The summed E-state index contributed by atoms with van der Waals surface area (Å²) in [6.45, 7) is 0.731. The van der Waals surface area contributed by atoms with Crippen molar-refractivity contribution < 1.29 is 18.0 Å².